The molecule has 0 spiro atoms. The number of hydrogen-bond donors (Lipinski definition) is 1. The lowest BCUT2D eigenvalue weighted by atomic mass is 10.0. The van der Waals surface area contributed by atoms with Gasteiger partial charge >= 0.3 is 0 Å². The summed E-state index contributed by atoms with van der Waals surface area (Å²) in [6.45, 7) is 2.98. The quantitative estimate of drug-likeness (QED) is 0.320. The first-order chi connectivity index (χ1) is 19.5. The Bertz CT molecular complexity index is 1500. The lowest BCUT2D eigenvalue weighted by Gasteiger charge is -2.20. The topological polar surface area (TPSA) is 67.0 Å². The van der Waals surface area contributed by atoms with Crippen molar-refractivity contribution in [3.8, 4) is 17.2 Å². The van der Waals surface area contributed by atoms with E-state index in [-0.39, 0.29) is 29.8 Å². The van der Waals surface area contributed by atoms with Crippen LogP contribution in [0, 0.1) is 5.82 Å². The fourth-order valence-corrected chi connectivity index (χ4v) is 5.77. The van der Waals surface area contributed by atoms with Gasteiger partial charge in [-0.3, -0.25) is 4.79 Å². The van der Waals surface area contributed by atoms with Crippen molar-refractivity contribution in [3.05, 3.63) is 93.7 Å². The molecule has 41 heavy (non-hydrogen) atoms. The Morgan fingerprint density at radius 3 is 2.24 bits per heavy atom. The van der Waals surface area contributed by atoms with Crippen LogP contribution in [0.3, 0.4) is 0 Å². The Morgan fingerprint density at radius 1 is 0.902 bits per heavy atom. The molecule has 0 radical (unpaired) electrons. The van der Waals surface area contributed by atoms with E-state index in [1.165, 1.54) is 17.0 Å². The summed E-state index contributed by atoms with van der Waals surface area (Å²) in [5.41, 5.74) is 2.91. The lowest BCUT2D eigenvalue weighted by Crippen LogP contribution is -3.12. The zero-order valence-corrected chi connectivity index (χ0v) is 24.5. The van der Waals surface area contributed by atoms with Gasteiger partial charge in [0.2, 0.25) is 5.75 Å². The molecule has 1 aliphatic heterocycles. The van der Waals surface area contributed by atoms with Gasteiger partial charge in [-0.25, -0.2) is 9.07 Å². The first-order valence-electron chi connectivity index (χ1n) is 13.9. The molecule has 0 saturated carbocycles. The van der Waals surface area contributed by atoms with Gasteiger partial charge in [-0.15, -0.1) is 0 Å². The molecule has 0 bridgehead atoms. The number of quaternary nitrogens is 1. The first-order valence-corrected chi connectivity index (χ1v) is 13.9. The van der Waals surface area contributed by atoms with E-state index in [1.807, 2.05) is 36.4 Å². The molecule has 0 amide bonds. The zero-order valence-electron chi connectivity index (χ0n) is 23.8. The third kappa shape index (κ3) is 6.82. The molecule has 9 heteroatoms. The molecular formula is C32H37ClFN3O4. The van der Waals surface area contributed by atoms with Gasteiger partial charge in [-0.2, -0.15) is 5.10 Å². The number of aromatic nitrogens is 2. The van der Waals surface area contributed by atoms with Crippen molar-refractivity contribution in [1.82, 2.24) is 9.78 Å². The highest BCUT2D eigenvalue weighted by atomic mass is 35.5. The average Bonchev–Trinajstić information content (AvgIpc) is 3.23. The van der Waals surface area contributed by atoms with E-state index in [4.69, 9.17) is 19.3 Å². The number of fused-ring (bicyclic) bond motifs is 1. The molecule has 1 N–H and O–H groups in total. The van der Waals surface area contributed by atoms with Crippen LogP contribution in [-0.2, 0) is 12.8 Å². The third-order valence-corrected chi connectivity index (χ3v) is 7.93. The Balaban J connectivity index is 0.00000387. The highest BCUT2D eigenvalue weighted by Crippen LogP contribution is 2.38. The van der Waals surface area contributed by atoms with Crippen LogP contribution in [0.4, 0.5) is 4.39 Å². The summed E-state index contributed by atoms with van der Waals surface area (Å²) in [5, 5.41) is 6.46. The molecule has 2 atom stereocenters. The van der Waals surface area contributed by atoms with Crippen molar-refractivity contribution in [2.24, 2.45) is 0 Å². The van der Waals surface area contributed by atoms with Crippen molar-refractivity contribution in [2.75, 3.05) is 41.0 Å². The molecule has 1 aliphatic rings. The van der Waals surface area contributed by atoms with E-state index >= 15 is 0 Å². The number of nitrogens with zero attached hydrogens (tertiary/aromatic N) is 2. The standard InChI is InChI=1S/C32H36FN3O4.ClH/c1-38-29-20-23(21-30(39-2)31(29)40-3)14-17-35-16-6-7-25(15-18-35)36-32(37)27-9-5-4-8-26(27)28(34-36)19-22-10-12-24(33)13-11-22;/h4-5,8-13,20-21,25H,6-7,14-19H2,1-3H3;1H. The summed E-state index contributed by atoms with van der Waals surface area (Å²) >= 11 is 0. The number of rotatable bonds is 9. The van der Waals surface area contributed by atoms with Crippen LogP contribution >= 0.6 is 0 Å². The maximum absolute atomic E-state index is 13.6. The monoisotopic (exact) mass is 581 g/mol. The van der Waals surface area contributed by atoms with Gasteiger partial charge in [-0.05, 0) is 54.3 Å². The van der Waals surface area contributed by atoms with E-state index in [0.717, 1.165) is 67.5 Å². The third-order valence-electron chi connectivity index (χ3n) is 7.93. The molecule has 218 valence electrons. The molecule has 1 fully saturated rings. The van der Waals surface area contributed by atoms with Crippen LogP contribution in [0.25, 0.3) is 10.8 Å². The predicted molar refractivity (Wildman–Crippen MR) is 153 cm³/mol. The summed E-state index contributed by atoms with van der Waals surface area (Å²) in [5.74, 6) is 1.68. The van der Waals surface area contributed by atoms with Crippen LogP contribution in [0.1, 0.15) is 42.1 Å². The van der Waals surface area contributed by atoms with Gasteiger partial charge in [-0.1, -0.05) is 30.3 Å². The zero-order chi connectivity index (χ0) is 28.1. The Hall–Kier alpha value is -3.62. The number of halogens is 2. The Labute approximate surface area is 246 Å². The highest BCUT2D eigenvalue weighted by molar-refractivity contribution is 5.83. The van der Waals surface area contributed by atoms with Gasteiger partial charge in [0, 0.05) is 24.6 Å². The van der Waals surface area contributed by atoms with E-state index in [1.54, 1.807) is 38.1 Å². The van der Waals surface area contributed by atoms with E-state index in [2.05, 4.69) is 0 Å². The number of ether oxygens (including phenoxy) is 3. The second kappa shape index (κ2) is 13.8. The van der Waals surface area contributed by atoms with Gasteiger partial charge < -0.3 is 31.5 Å². The van der Waals surface area contributed by atoms with Crippen LogP contribution in [-0.4, -0.2) is 50.7 Å². The minimum Gasteiger partial charge on any atom is -1.00 e. The summed E-state index contributed by atoms with van der Waals surface area (Å²) in [6, 6.07) is 18.2. The maximum atomic E-state index is 13.6. The first kappa shape index (κ1) is 30.3. The van der Waals surface area contributed by atoms with Crippen LogP contribution in [0.5, 0.6) is 17.2 Å². The molecule has 2 heterocycles. The lowest BCUT2D eigenvalue weighted by molar-refractivity contribution is -0.899. The summed E-state index contributed by atoms with van der Waals surface area (Å²) < 4.78 is 31.7. The molecule has 7 nitrogen and oxygen atoms in total. The van der Waals surface area contributed by atoms with Gasteiger partial charge in [0.05, 0.1) is 58.1 Å². The Morgan fingerprint density at radius 2 is 1.59 bits per heavy atom. The van der Waals surface area contributed by atoms with Crippen molar-refractivity contribution >= 4 is 10.8 Å². The normalized spacial score (nSPS) is 17.0. The largest absolute Gasteiger partial charge is 1.00 e. The molecule has 3 aromatic carbocycles. The van der Waals surface area contributed by atoms with Crippen molar-refractivity contribution < 1.29 is 35.9 Å². The number of hydrogen-bond acceptors (Lipinski definition) is 5. The fourth-order valence-electron chi connectivity index (χ4n) is 5.77. The van der Waals surface area contributed by atoms with Crippen molar-refractivity contribution in [3.63, 3.8) is 0 Å². The van der Waals surface area contributed by atoms with Crippen LogP contribution in [0.2, 0.25) is 0 Å². The summed E-state index contributed by atoms with van der Waals surface area (Å²) in [7, 11) is 4.88. The van der Waals surface area contributed by atoms with Gasteiger partial charge in [0.25, 0.3) is 5.56 Å². The van der Waals surface area contributed by atoms with Crippen molar-refractivity contribution in [2.45, 2.75) is 38.1 Å². The number of methoxy groups -OCH3 is 3. The fraction of sp³-hybridized carbons (Fsp3) is 0.375. The molecule has 2 unspecified atom stereocenters. The molecule has 0 aliphatic carbocycles. The second-order valence-corrected chi connectivity index (χ2v) is 10.4. The molecule has 4 aromatic rings. The molecule has 5 rings (SSSR count). The average molecular weight is 582 g/mol. The smallest absolute Gasteiger partial charge is 0.274 e. The minimum absolute atomic E-state index is 0. The maximum Gasteiger partial charge on any atom is 0.274 e. The van der Waals surface area contributed by atoms with Crippen LogP contribution in [0.15, 0.2) is 65.5 Å². The summed E-state index contributed by atoms with van der Waals surface area (Å²) in [4.78, 5) is 15.1. The van der Waals surface area contributed by atoms with E-state index in [0.29, 0.717) is 29.1 Å². The van der Waals surface area contributed by atoms with Gasteiger partial charge in [0.1, 0.15) is 5.82 Å². The van der Waals surface area contributed by atoms with E-state index < -0.39 is 0 Å². The molecule has 1 saturated heterocycles. The minimum atomic E-state index is -0.262. The predicted octanol–water partition coefficient (Wildman–Crippen LogP) is 1.01. The van der Waals surface area contributed by atoms with Gasteiger partial charge in [0.15, 0.2) is 11.5 Å². The van der Waals surface area contributed by atoms with Crippen LogP contribution < -0.4 is 37.1 Å². The Kier molecular flexibility index (Phi) is 10.2. The van der Waals surface area contributed by atoms with E-state index in [9.17, 15) is 9.18 Å². The molecular weight excluding hydrogens is 545 g/mol. The highest BCUT2D eigenvalue weighted by Gasteiger charge is 2.24. The number of benzene rings is 3. The van der Waals surface area contributed by atoms with Crippen molar-refractivity contribution in [1.29, 1.82) is 0 Å². The molecule has 1 aromatic heterocycles. The number of likely N-dealkylation sites (tertiary alicyclic amines) is 1. The second-order valence-electron chi connectivity index (χ2n) is 10.4. The summed E-state index contributed by atoms with van der Waals surface area (Å²) in [6.07, 6.45) is 4.23. The SMILES string of the molecule is COc1cc(CC[NH+]2CCCC(n3nc(Cc4ccc(F)cc4)c4ccccc4c3=O)CC2)cc(OC)c1OC.[Cl-]. The number of nitrogens with one attached hydrogen (secondary N) is 1.